The van der Waals surface area contributed by atoms with Gasteiger partial charge in [-0.3, -0.25) is 0 Å². The number of allylic oxidation sites excluding steroid dienone is 5. The molecule has 0 nitrogen and oxygen atoms in total. The second kappa shape index (κ2) is 9.55. The van der Waals surface area contributed by atoms with E-state index in [1.807, 2.05) is 32.9 Å². The van der Waals surface area contributed by atoms with Crippen molar-refractivity contribution >= 4 is 5.57 Å². The van der Waals surface area contributed by atoms with Crippen molar-refractivity contribution in [1.82, 2.24) is 0 Å². The van der Waals surface area contributed by atoms with Crippen LogP contribution in [-0.2, 0) is 0 Å². The van der Waals surface area contributed by atoms with Crippen LogP contribution in [0.15, 0.2) is 85.5 Å². The fourth-order valence-electron chi connectivity index (χ4n) is 2.02. The Bertz CT molecular complexity index is 584. The Labute approximate surface area is 129 Å². The minimum Gasteiger partial charge on any atom is -0.0991 e. The molecule has 0 heteroatoms. The quantitative estimate of drug-likeness (QED) is 0.557. The zero-order valence-corrected chi connectivity index (χ0v) is 13.2. The Morgan fingerprint density at radius 1 is 0.857 bits per heavy atom. The molecule has 0 saturated carbocycles. The Balaban J connectivity index is 0.00000106. The van der Waals surface area contributed by atoms with Crippen LogP contribution in [0.2, 0.25) is 0 Å². The number of hydrogen-bond acceptors (Lipinski definition) is 0. The van der Waals surface area contributed by atoms with Crippen molar-refractivity contribution in [3.05, 3.63) is 91.0 Å². The van der Waals surface area contributed by atoms with Crippen LogP contribution >= 0.6 is 0 Å². The van der Waals surface area contributed by atoms with Gasteiger partial charge in [0.15, 0.2) is 0 Å². The molecule has 2 rings (SSSR count). The summed E-state index contributed by atoms with van der Waals surface area (Å²) in [5.74, 6) is 0. The first-order valence-electron chi connectivity index (χ1n) is 7.46. The van der Waals surface area contributed by atoms with E-state index >= 15 is 0 Å². The van der Waals surface area contributed by atoms with E-state index < -0.39 is 0 Å². The van der Waals surface area contributed by atoms with Gasteiger partial charge in [-0.1, -0.05) is 99.3 Å². The molecule has 2 aromatic rings. The highest BCUT2D eigenvalue weighted by atomic mass is 14.0. The van der Waals surface area contributed by atoms with Crippen LogP contribution in [0.3, 0.4) is 0 Å². The monoisotopic (exact) mass is 276 g/mol. The standard InChI is InChI=1S/C19H18.C2H6/c1-3-5-9-16(4-2)18-12-14-19(15-13-18)17-10-7-6-8-11-17;1-2/h3-15H,1H2,2H3;1-2H3/b9-5-,16-4+;. The highest BCUT2D eigenvalue weighted by Gasteiger charge is 1.99. The minimum absolute atomic E-state index is 1.21. The molecule has 0 amide bonds. The molecule has 0 spiro atoms. The van der Waals surface area contributed by atoms with Gasteiger partial charge in [-0.15, -0.1) is 0 Å². The van der Waals surface area contributed by atoms with Gasteiger partial charge >= 0.3 is 0 Å². The first kappa shape index (κ1) is 16.7. The molecule has 0 aliphatic carbocycles. The van der Waals surface area contributed by atoms with Crippen molar-refractivity contribution in [2.75, 3.05) is 0 Å². The fraction of sp³-hybridized carbons (Fsp3) is 0.143. The lowest BCUT2D eigenvalue weighted by Crippen LogP contribution is -1.82. The summed E-state index contributed by atoms with van der Waals surface area (Å²) in [6.07, 6.45) is 7.93. The fourth-order valence-corrected chi connectivity index (χ4v) is 2.02. The third-order valence-corrected chi connectivity index (χ3v) is 3.05. The molecular weight excluding hydrogens is 252 g/mol. The van der Waals surface area contributed by atoms with Crippen LogP contribution in [0, 0.1) is 0 Å². The molecule has 0 unspecified atom stereocenters. The summed E-state index contributed by atoms with van der Waals surface area (Å²) in [5.41, 5.74) is 4.92. The van der Waals surface area contributed by atoms with Crippen LogP contribution in [0.25, 0.3) is 16.7 Å². The summed E-state index contributed by atoms with van der Waals surface area (Å²) >= 11 is 0. The maximum atomic E-state index is 3.70. The lowest BCUT2D eigenvalue weighted by molar-refractivity contribution is 1.50. The van der Waals surface area contributed by atoms with Crippen LogP contribution in [0.5, 0.6) is 0 Å². The van der Waals surface area contributed by atoms with Crippen molar-refractivity contribution in [2.45, 2.75) is 20.8 Å². The van der Waals surface area contributed by atoms with Gasteiger partial charge in [0.25, 0.3) is 0 Å². The lowest BCUT2D eigenvalue weighted by atomic mass is 10.00. The Hall–Kier alpha value is -2.34. The summed E-state index contributed by atoms with van der Waals surface area (Å²) in [6.45, 7) is 9.75. The van der Waals surface area contributed by atoms with Gasteiger partial charge in [0, 0.05) is 0 Å². The topological polar surface area (TPSA) is 0 Å². The van der Waals surface area contributed by atoms with E-state index in [0.29, 0.717) is 0 Å². The summed E-state index contributed by atoms with van der Waals surface area (Å²) in [5, 5.41) is 0. The van der Waals surface area contributed by atoms with E-state index in [0.717, 1.165) is 0 Å². The Morgan fingerprint density at radius 2 is 1.43 bits per heavy atom. The third-order valence-electron chi connectivity index (χ3n) is 3.05. The van der Waals surface area contributed by atoms with E-state index in [1.54, 1.807) is 6.08 Å². The maximum absolute atomic E-state index is 3.70. The Kier molecular flexibility index (Phi) is 7.60. The molecule has 21 heavy (non-hydrogen) atoms. The van der Waals surface area contributed by atoms with Crippen molar-refractivity contribution in [1.29, 1.82) is 0 Å². The van der Waals surface area contributed by atoms with Crippen molar-refractivity contribution < 1.29 is 0 Å². The van der Waals surface area contributed by atoms with Gasteiger partial charge in [-0.05, 0) is 29.2 Å². The van der Waals surface area contributed by atoms with Crippen LogP contribution in [0.4, 0.5) is 0 Å². The first-order valence-corrected chi connectivity index (χ1v) is 7.46. The molecule has 0 bridgehead atoms. The van der Waals surface area contributed by atoms with E-state index in [4.69, 9.17) is 0 Å². The molecule has 0 atom stereocenters. The zero-order valence-electron chi connectivity index (χ0n) is 13.2. The number of rotatable bonds is 4. The molecule has 0 aromatic heterocycles. The van der Waals surface area contributed by atoms with Gasteiger partial charge in [-0.25, -0.2) is 0 Å². The van der Waals surface area contributed by atoms with E-state index in [1.165, 1.54) is 22.3 Å². The maximum Gasteiger partial charge on any atom is -0.0184 e. The molecule has 0 heterocycles. The van der Waals surface area contributed by atoms with Crippen molar-refractivity contribution in [3.8, 4) is 11.1 Å². The van der Waals surface area contributed by atoms with E-state index in [9.17, 15) is 0 Å². The molecule has 0 fully saturated rings. The summed E-state index contributed by atoms with van der Waals surface area (Å²) in [6, 6.07) is 19.1. The van der Waals surface area contributed by atoms with E-state index in [-0.39, 0.29) is 0 Å². The molecule has 0 aliphatic rings. The number of hydrogen-bond donors (Lipinski definition) is 0. The normalized spacial score (nSPS) is 10.9. The van der Waals surface area contributed by atoms with Crippen LogP contribution < -0.4 is 0 Å². The molecule has 0 radical (unpaired) electrons. The summed E-state index contributed by atoms with van der Waals surface area (Å²) in [7, 11) is 0. The predicted octanol–water partition coefficient (Wildman–Crippen LogP) is 6.53. The molecule has 108 valence electrons. The second-order valence-electron chi connectivity index (χ2n) is 4.28. The Morgan fingerprint density at radius 3 is 1.95 bits per heavy atom. The van der Waals surface area contributed by atoms with Gasteiger partial charge in [0.05, 0.1) is 0 Å². The van der Waals surface area contributed by atoms with E-state index in [2.05, 4.69) is 67.3 Å². The predicted molar refractivity (Wildman–Crippen MR) is 96.2 cm³/mol. The molecular formula is C21H24. The average molecular weight is 276 g/mol. The van der Waals surface area contributed by atoms with Gasteiger partial charge in [-0.2, -0.15) is 0 Å². The first-order chi connectivity index (χ1) is 10.3. The SMILES string of the molecule is C=C/C=C\C(=C/C)c1ccc(-c2ccccc2)cc1.CC. The molecule has 0 aliphatic heterocycles. The average Bonchev–Trinajstić information content (AvgIpc) is 2.59. The minimum atomic E-state index is 1.21. The lowest BCUT2D eigenvalue weighted by Gasteiger charge is -2.05. The summed E-state index contributed by atoms with van der Waals surface area (Å²) < 4.78 is 0. The van der Waals surface area contributed by atoms with Gasteiger partial charge < -0.3 is 0 Å². The highest BCUT2D eigenvalue weighted by Crippen LogP contribution is 2.22. The molecule has 0 saturated heterocycles. The third kappa shape index (κ3) is 4.92. The molecule has 0 N–H and O–H groups in total. The summed E-state index contributed by atoms with van der Waals surface area (Å²) in [4.78, 5) is 0. The highest BCUT2D eigenvalue weighted by molar-refractivity contribution is 5.76. The zero-order chi connectivity index (χ0) is 15.5. The van der Waals surface area contributed by atoms with Crippen LogP contribution in [-0.4, -0.2) is 0 Å². The largest absolute Gasteiger partial charge is 0.0991 e. The van der Waals surface area contributed by atoms with Gasteiger partial charge in [0.1, 0.15) is 0 Å². The van der Waals surface area contributed by atoms with Crippen LogP contribution in [0.1, 0.15) is 26.3 Å². The molecule has 2 aromatic carbocycles. The second-order valence-corrected chi connectivity index (χ2v) is 4.28. The smallest absolute Gasteiger partial charge is 0.0184 e. The van der Waals surface area contributed by atoms with Crippen molar-refractivity contribution in [2.24, 2.45) is 0 Å². The number of benzene rings is 2. The van der Waals surface area contributed by atoms with Gasteiger partial charge in [0.2, 0.25) is 0 Å². The van der Waals surface area contributed by atoms with Crippen molar-refractivity contribution in [3.63, 3.8) is 0 Å².